The molecule has 0 saturated heterocycles. The van der Waals surface area contributed by atoms with E-state index in [1.54, 1.807) is 0 Å². The monoisotopic (exact) mass is 155 g/mol. The first-order valence-corrected chi connectivity index (χ1v) is 4.94. The van der Waals surface area contributed by atoms with Crippen LogP contribution in [0.2, 0.25) is 0 Å². The Bertz CT molecular complexity index is 101. The Morgan fingerprint density at radius 1 is 1.18 bits per heavy atom. The van der Waals surface area contributed by atoms with E-state index < -0.39 is 0 Å². The Hall–Kier alpha value is -0.0400. The Morgan fingerprint density at radius 3 is 2.18 bits per heavy atom. The van der Waals surface area contributed by atoms with Crippen molar-refractivity contribution in [3.05, 3.63) is 0 Å². The van der Waals surface area contributed by atoms with Gasteiger partial charge in [-0.05, 0) is 43.9 Å². The topological polar surface area (TPSA) is 26.0 Å². The van der Waals surface area contributed by atoms with Crippen LogP contribution < -0.4 is 5.73 Å². The molecule has 66 valence electrons. The fourth-order valence-corrected chi connectivity index (χ4v) is 2.09. The van der Waals surface area contributed by atoms with Crippen molar-refractivity contribution in [3.8, 4) is 0 Å². The maximum Gasteiger partial charge on any atom is 0.00390 e. The second kappa shape index (κ2) is 4.10. The molecule has 0 atom stereocenters. The van der Waals surface area contributed by atoms with Crippen LogP contribution in [-0.4, -0.2) is 6.04 Å². The number of rotatable bonds is 2. The molecule has 0 aliphatic heterocycles. The molecule has 1 saturated carbocycles. The molecule has 0 bridgehead atoms. The van der Waals surface area contributed by atoms with Gasteiger partial charge < -0.3 is 5.73 Å². The summed E-state index contributed by atoms with van der Waals surface area (Å²) in [4.78, 5) is 0. The second-order valence-electron chi connectivity index (χ2n) is 4.41. The highest BCUT2D eigenvalue weighted by Gasteiger charge is 2.18. The van der Waals surface area contributed by atoms with E-state index in [4.69, 9.17) is 5.73 Å². The van der Waals surface area contributed by atoms with Gasteiger partial charge in [0.05, 0.1) is 0 Å². The molecule has 1 aliphatic rings. The quantitative estimate of drug-likeness (QED) is 0.651. The lowest BCUT2D eigenvalue weighted by molar-refractivity contribution is 0.283. The first-order valence-electron chi connectivity index (χ1n) is 4.94. The largest absolute Gasteiger partial charge is 0.328 e. The lowest BCUT2D eigenvalue weighted by atomic mass is 9.82. The molecule has 1 heteroatoms. The molecule has 0 aromatic heterocycles. The van der Waals surface area contributed by atoms with Crippen LogP contribution in [0.15, 0.2) is 0 Å². The Morgan fingerprint density at radius 2 is 1.73 bits per heavy atom. The lowest BCUT2D eigenvalue weighted by Gasteiger charge is -2.27. The van der Waals surface area contributed by atoms with Crippen LogP contribution in [-0.2, 0) is 0 Å². The molecule has 2 N–H and O–H groups in total. The second-order valence-corrected chi connectivity index (χ2v) is 4.41. The van der Waals surface area contributed by atoms with Gasteiger partial charge in [0, 0.05) is 6.04 Å². The molecule has 1 nitrogen and oxygen atoms in total. The summed E-state index contributed by atoms with van der Waals surface area (Å²) in [5.41, 5.74) is 5.83. The summed E-state index contributed by atoms with van der Waals surface area (Å²) in [5, 5.41) is 0. The highest BCUT2D eigenvalue weighted by molar-refractivity contribution is 4.74. The number of hydrogen-bond acceptors (Lipinski definition) is 1. The highest BCUT2D eigenvalue weighted by atomic mass is 14.6. The van der Waals surface area contributed by atoms with Crippen molar-refractivity contribution in [3.63, 3.8) is 0 Å². The summed E-state index contributed by atoms with van der Waals surface area (Å²) in [6, 6.07) is 0.512. The molecule has 0 amide bonds. The van der Waals surface area contributed by atoms with Gasteiger partial charge >= 0.3 is 0 Å². The van der Waals surface area contributed by atoms with Crippen molar-refractivity contribution in [1.29, 1.82) is 0 Å². The van der Waals surface area contributed by atoms with Gasteiger partial charge in [0.1, 0.15) is 0 Å². The molecular formula is C10H21N. The van der Waals surface area contributed by atoms with Gasteiger partial charge in [-0.25, -0.2) is 0 Å². The normalized spacial score (nSPS) is 32.7. The summed E-state index contributed by atoms with van der Waals surface area (Å²) in [6.07, 6.45) is 6.68. The summed E-state index contributed by atoms with van der Waals surface area (Å²) < 4.78 is 0. The molecular weight excluding hydrogens is 134 g/mol. The molecule has 1 aliphatic carbocycles. The van der Waals surface area contributed by atoms with E-state index in [1.165, 1.54) is 32.1 Å². The minimum Gasteiger partial charge on any atom is -0.328 e. The maximum absolute atomic E-state index is 5.83. The first-order chi connectivity index (χ1) is 5.18. The van der Waals surface area contributed by atoms with E-state index in [2.05, 4.69) is 13.8 Å². The average Bonchev–Trinajstić information content (AvgIpc) is 1.93. The maximum atomic E-state index is 5.83. The van der Waals surface area contributed by atoms with Gasteiger partial charge in [-0.2, -0.15) is 0 Å². The molecule has 0 spiro atoms. The summed E-state index contributed by atoms with van der Waals surface area (Å²) in [6.45, 7) is 4.63. The zero-order chi connectivity index (χ0) is 8.27. The molecule has 1 fully saturated rings. The van der Waals surface area contributed by atoms with Crippen LogP contribution >= 0.6 is 0 Å². The van der Waals surface area contributed by atoms with E-state index >= 15 is 0 Å². The number of hydrogen-bond donors (Lipinski definition) is 1. The Balaban J connectivity index is 2.17. The minimum atomic E-state index is 0.512. The SMILES string of the molecule is CC(C)CC1CCC(N)CC1. The van der Waals surface area contributed by atoms with Crippen molar-refractivity contribution in [2.45, 2.75) is 52.0 Å². The molecule has 0 heterocycles. The fourth-order valence-electron chi connectivity index (χ4n) is 2.09. The van der Waals surface area contributed by atoms with E-state index in [1.807, 2.05) is 0 Å². The molecule has 0 aromatic carbocycles. The van der Waals surface area contributed by atoms with Crippen molar-refractivity contribution >= 4 is 0 Å². The van der Waals surface area contributed by atoms with Crippen molar-refractivity contribution in [1.82, 2.24) is 0 Å². The van der Waals surface area contributed by atoms with Crippen LogP contribution in [0, 0.1) is 11.8 Å². The first kappa shape index (κ1) is 9.05. The molecule has 0 aromatic rings. The van der Waals surface area contributed by atoms with Crippen LogP contribution in [0.4, 0.5) is 0 Å². The molecule has 11 heavy (non-hydrogen) atoms. The molecule has 0 unspecified atom stereocenters. The molecule has 0 radical (unpaired) electrons. The van der Waals surface area contributed by atoms with Crippen molar-refractivity contribution in [2.75, 3.05) is 0 Å². The van der Waals surface area contributed by atoms with Crippen LogP contribution in [0.5, 0.6) is 0 Å². The third-order valence-electron chi connectivity index (χ3n) is 2.70. The van der Waals surface area contributed by atoms with Crippen molar-refractivity contribution < 1.29 is 0 Å². The van der Waals surface area contributed by atoms with E-state index in [9.17, 15) is 0 Å². The fraction of sp³-hybridized carbons (Fsp3) is 1.00. The van der Waals surface area contributed by atoms with Gasteiger partial charge in [0.15, 0.2) is 0 Å². The summed E-state index contributed by atoms with van der Waals surface area (Å²) in [5.74, 6) is 1.85. The van der Waals surface area contributed by atoms with Crippen LogP contribution in [0.1, 0.15) is 46.0 Å². The van der Waals surface area contributed by atoms with Crippen molar-refractivity contribution in [2.24, 2.45) is 17.6 Å². The van der Waals surface area contributed by atoms with Gasteiger partial charge in [-0.1, -0.05) is 13.8 Å². The zero-order valence-corrected chi connectivity index (χ0v) is 7.84. The summed E-state index contributed by atoms with van der Waals surface area (Å²) >= 11 is 0. The predicted molar refractivity (Wildman–Crippen MR) is 49.4 cm³/mol. The van der Waals surface area contributed by atoms with E-state index in [0.29, 0.717) is 6.04 Å². The third-order valence-corrected chi connectivity index (χ3v) is 2.70. The predicted octanol–water partition coefficient (Wildman–Crippen LogP) is 2.55. The average molecular weight is 155 g/mol. The zero-order valence-electron chi connectivity index (χ0n) is 7.84. The highest BCUT2D eigenvalue weighted by Crippen LogP contribution is 2.28. The Kier molecular flexibility index (Phi) is 3.38. The smallest absolute Gasteiger partial charge is 0.00390 e. The van der Waals surface area contributed by atoms with E-state index in [0.717, 1.165) is 11.8 Å². The third kappa shape index (κ3) is 3.24. The van der Waals surface area contributed by atoms with E-state index in [-0.39, 0.29) is 0 Å². The van der Waals surface area contributed by atoms with Gasteiger partial charge in [0.2, 0.25) is 0 Å². The lowest BCUT2D eigenvalue weighted by Crippen LogP contribution is -2.26. The van der Waals surface area contributed by atoms with Crippen LogP contribution in [0.3, 0.4) is 0 Å². The Labute approximate surface area is 70.4 Å². The van der Waals surface area contributed by atoms with Crippen LogP contribution in [0.25, 0.3) is 0 Å². The minimum absolute atomic E-state index is 0.512. The van der Waals surface area contributed by atoms with Gasteiger partial charge in [0.25, 0.3) is 0 Å². The van der Waals surface area contributed by atoms with Gasteiger partial charge in [-0.15, -0.1) is 0 Å². The summed E-state index contributed by atoms with van der Waals surface area (Å²) in [7, 11) is 0. The van der Waals surface area contributed by atoms with Gasteiger partial charge in [-0.3, -0.25) is 0 Å². The number of nitrogens with two attached hydrogens (primary N) is 1. The molecule has 1 rings (SSSR count). The standard InChI is InChI=1S/C10H21N/c1-8(2)7-9-3-5-10(11)6-4-9/h8-10H,3-7,11H2,1-2H3.